The van der Waals surface area contributed by atoms with Gasteiger partial charge in [-0.05, 0) is 50.7 Å². The SMILES string of the molecule is CC(C)C(=O)C12CCC(C(=O)NC3C(C)(C)C(Oc4ccc(C#N)c(Cl)c4)C3(C)C)(CC1)CC2. The van der Waals surface area contributed by atoms with E-state index in [1.807, 2.05) is 13.8 Å². The minimum atomic E-state index is -0.349. The number of carbonyl (C=O) groups is 2. The fraction of sp³-hybridized carbons (Fsp3) is 0.679. The van der Waals surface area contributed by atoms with Gasteiger partial charge in [0, 0.05) is 39.7 Å². The third-order valence-corrected chi connectivity index (χ3v) is 9.52. The maximum absolute atomic E-state index is 13.7. The molecule has 0 unspecified atom stereocenters. The molecule has 184 valence electrons. The Bertz CT molecular complexity index is 1010. The molecule has 4 saturated carbocycles. The van der Waals surface area contributed by atoms with E-state index in [-0.39, 0.29) is 45.6 Å². The van der Waals surface area contributed by atoms with Crippen molar-refractivity contribution in [3.8, 4) is 11.8 Å². The van der Waals surface area contributed by atoms with Gasteiger partial charge in [0.25, 0.3) is 0 Å². The summed E-state index contributed by atoms with van der Waals surface area (Å²) in [6.45, 7) is 12.5. The number of carbonyl (C=O) groups excluding carboxylic acids is 2. The third kappa shape index (κ3) is 3.73. The zero-order valence-corrected chi connectivity index (χ0v) is 22.0. The van der Waals surface area contributed by atoms with Crippen LogP contribution in [0.25, 0.3) is 0 Å². The quantitative estimate of drug-likeness (QED) is 0.531. The molecule has 34 heavy (non-hydrogen) atoms. The number of Topliss-reactive ketones (excluding diaryl/α,β-unsaturated/α-hetero) is 1. The second kappa shape index (κ2) is 8.26. The molecule has 0 aliphatic heterocycles. The molecule has 5 rings (SSSR count). The molecule has 4 fully saturated rings. The highest BCUT2D eigenvalue weighted by atomic mass is 35.5. The Morgan fingerprint density at radius 1 is 1.03 bits per heavy atom. The lowest BCUT2D eigenvalue weighted by Gasteiger charge is -2.64. The Balaban J connectivity index is 1.45. The largest absolute Gasteiger partial charge is 0.489 e. The van der Waals surface area contributed by atoms with Gasteiger partial charge in [-0.15, -0.1) is 0 Å². The van der Waals surface area contributed by atoms with Crippen LogP contribution in [0.4, 0.5) is 0 Å². The van der Waals surface area contributed by atoms with Crippen LogP contribution in [-0.2, 0) is 9.59 Å². The molecule has 0 heterocycles. The summed E-state index contributed by atoms with van der Waals surface area (Å²) in [4.78, 5) is 26.5. The van der Waals surface area contributed by atoms with Gasteiger partial charge in [0.15, 0.2) is 0 Å². The summed E-state index contributed by atoms with van der Waals surface area (Å²) in [6.07, 6.45) is 4.78. The summed E-state index contributed by atoms with van der Waals surface area (Å²) in [5.74, 6) is 1.21. The summed E-state index contributed by atoms with van der Waals surface area (Å²) >= 11 is 6.20. The molecule has 5 nitrogen and oxygen atoms in total. The van der Waals surface area contributed by atoms with Crippen molar-refractivity contribution in [2.24, 2.45) is 27.6 Å². The Morgan fingerprint density at radius 3 is 2.03 bits per heavy atom. The molecular weight excluding hydrogens is 448 g/mol. The number of fused-ring (bicyclic) bond motifs is 3. The first kappa shape index (κ1) is 25.0. The molecule has 4 aliphatic carbocycles. The van der Waals surface area contributed by atoms with Crippen LogP contribution in [-0.4, -0.2) is 23.8 Å². The molecule has 1 aromatic carbocycles. The number of benzene rings is 1. The number of amides is 1. The second-order valence-electron chi connectivity index (χ2n) is 12.4. The van der Waals surface area contributed by atoms with Crippen molar-refractivity contribution in [3.05, 3.63) is 28.8 Å². The number of nitriles is 1. The predicted octanol–water partition coefficient (Wildman–Crippen LogP) is 6.08. The van der Waals surface area contributed by atoms with Gasteiger partial charge in [0.2, 0.25) is 5.91 Å². The van der Waals surface area contributed by atoms with Gasteiger partial charge in [-0.1, -0.05) is 53.1 Å². The molecule has 1 amide bonds. The topological polar surface area (TPSA) is 79.2 Å². The van der Waals surface area contributed by atoms with E-state index in [9.17, 15) is 9.59 Å². The van der Waals surface area contributed by atoms with Crippen LogP contribution in [0.3, 0.4) is 0 Å². The highest BCUT2D eigenvalue weighted by molar-refractivity contribution is 6.31. The van der Waals surface area contributed by atoms with Gasteiger partial charge in [-0.2, -0.15) is 5.26 Å². The second-order valence-corrected chi connectivity index (χ2v) is 12.8. The van der Waals surface area contributed by atoms with Crippen LogP contribution in [0.5, 0.6) is 5.75 Å². The Kier molecular flexibility index (Phi) is 6.09. The molecule has 0 saturated heterocycles. The van der Waals surface area contributed by atoms with Crippen LogP contribution < -0.4 is 10.1 Å². The van der Waals surface area contributed by atoms with E-state index >= 15 is 0 Å². The average Bonchev–Trinajstić information content (AvgIpc) is 2.81. The summed E-state index contributed by atoms with van der Waals surface area (Å²) in [5, 5.41) is 12.9. The maximum atomic E-state index is 13.7. The number of rotatable bonds is 6. The first-order chi connectivity index (χ1) is 15.8. The first-order valence-electron chi connectivity index (χ1n) is 12.5. The Labute approximate surface area is 208 Å². The zero-order chi connectivity index (χ0) is 25.1. The fourth-order valence-electron chi connectivity index (χ4n) is 7.39. The minimum absolute atomic E-state index is 0.0355. The monoisotopic (exact) mass is 484 g/mol. The molecule has 0 radical (unpaired) electrons. The summed E-state index contributed by atoms with van der Waals surface area (Å²) < 4.78 is 6.36. The predicted molar refractivity (Wildman–Crippen MR) is 132 cm³/mol. The lowest BCUT2D eigenvalue weighted by Crippen LogP contribution is -2.75. The van der Waals surface area contributed by atoms with Crippen molar-refractivity contribution >= 4 is 23.3 Å². The summed E-state index contributed by atoms with van der Waals surface area (Å²) in [5.41, 5.74) is -0.692. The van der Waals surface area contributed by atoms with Crippen LogP contribution in [0.1, 0.15) is 85.6 Å². The number of hydrogen-bond donors (Lipinski definition) is 1. The van der Waals surface area contributed by atoms with Gasteiger partial charge >= 0.3 is 0 Å². The lowest BCUT2D eigenvalue weighted by atomic mass is 9.48. The molecule has 2 bridgehead atoms. The van der Waals surface area contributed by atoms with Crippen LogP contribution in [0, 0.1) is 38.9 Å². The smallest absolute Gasteiger partial charge is 0.226 e. The third-order valence-electron chi connectivity index (χ3n) is 9.20. The lowest BCUT2D eigenvalue weighted by molar-refractivity contribution is -0.180. The fourth-order valence-corrected chi connectivity index (χ4v) is 7.60. The maximum Gasteiger partial charge on any atom is 0.226 e. The van der Waals surface area contributed by atoms with Crippen molar-refractivity contribution in [2.75, 3.05) is 0 Å². The number of hydrogen-bond acceptors (Lipinski definition) is 4. The number of halogens is 1. The first-order valence-corrected chi connectivity index (χ1v) is 12.9. The van der Waals surface area contributed by atoms with Crippen molar-refractivity contribution in [3.63, 3.8) is 0 Å². The Hall–Kier alpha value is -2.06. The van der Waals surface area contributed by atoms with Crippen LogP contribution >= 0.6 is 11.6 Å². The summed E-state index contributed by atoms with van der Waals surface area (Å²) in [6, 6.07) is 7.17. The van der Waals surface area contributed by atoms with Gasteiger partial charge < -0.3 is 10.1 Å². The molecule has 0 atom stereocenters. The molecule has 0 spiro atoms. The normalized spacial score (nSPS) is 33.0. The number of nitrogens with one attached hydrogen (secondary N) is 1. The van der Waals surface area contributed by atoms with Gasteiger partial charge in [-0.3, -0.25) is 9.59 Å². The van der Waals surface area contributed by atoms with E-state index in [4.69, 9.17) is 21.6 Å². The van der Waals surface area contributed by atoms with E-state index < -0.39 is 0 Å². The molecule has 1 N–H and O–H groups in total. The Morgan fingerprint density at radius 2 is 1.56 bits per heavy atom. The van der Waals surface area contributed by atoms with E-state index in [0.717, 1.165) is 38.5 Å². The van der Waals surface area contributed by atoms with Crippen LogP contribution in [0.15, 0.2) is 18.2 Å². The highest BCUT2D eigenvalue weighted by Crippen LogP contribution is 2.60. The van der Waals surface area contributed by atoms with E-state index in [1.165, 1.54) is 0 Å². The van der Waals surface area contributed by atoms with Crippen molar-refractivity contribution in [1.29, 1.82) is 5.26 Å². The molecule has 4 aliphatic rings. The zero-order valence-electron chi connectivity index (χ0n) is 21.3. The van der Waals surface area contributed by atoms with Gasteiger partial charge in [-0.25, -0.2) is 0 Å². The van der Waals surface area contributed by atoms with Crippen molar-refractivity contribution < 1.29 is 14.3 Å². The van der Waals surface area contributed by atoms with Crippen LogP contribution in [0.2, 0.25) is 5.02 Å². The van der Waals surface area contributed by atoms with E-state index in [1.54, 1.807) is 18.2 Å². The minimum Gasteiger partial charge on any atom is -0.489 e. The van der Waals surface area contributed by atoms with E-state index in [2.05, 4.69) is 39.1 Å². The average molecular weight is 485 g/mol. The molecule has 6 heteroatoms. The molecule has 0 aromatic heterocycles. The number of nitrogens with zero attached hydrogens (tertiary/aromatic N) is 1. The number of ketones is 1. The van der Waals surface area contributed by atoms with E-state index in [0.29, 0.717) is 22.1 Å². The molecular formula is C28H37ClN2O3. The molecule has 1 aromatic rings. The number of ether oxygens (including phenoxy) is 1. The highest BCUT2D eigenvalue weighted by Gasteiger charge is 2.65. The van der Waals surface area contributed by atoms with Crippen molar-refractivity contribution in [2.45, 2.75) is 92.2 Å². The van der Waals surface area contributed by atoms with Crippen molar-refractivity contribution in [1.82, 2.24) is 5.32 Å². The van der Waals surface area contributed by atoms with Gasteiger partial charge in [0.1, 0.15) is 23.7 Å². The van der Waals surface area contributed by atoms with Gasteiger partial charge in [0.05, 0.1) is 10.6 Å². The summed E-state index contributed by atoms with van der Waals surface area (Å²) in [7, 11) is 0. The standard InChI is InChI=1S/C28H37ClN2O3/c1-17(2)21(32)27-9-12-28(13-10-27,14-11-27)24(33)31-22-25(3,4)23(26(22,5)6)34-19-8-7-18(16-30)20(29)15-19/h7-8,15,17,22-23H,9-14H2,1-6H3,(H,31,33).